The van der Waals surface area contributed by atoms with Crippen molar-refractivity contribution in [3.8, 4) is 11.1 Å². The Hall–Kier alpha value is -3.15. The maximum Gasteiger partial charge on any atom is 0.303 e. The van der Waals surface area contributed by atoms with E-state index in [1.807, 2.05) is 54.6 Å². The van der Waals surface area contributed by atoms with Gasteiger partial charge in [0.05, 0.1) is 0 Å². The lowest BCUT2D eigenvalue weighted by Crippen LogP contribution is -2.47. The molecule has 0 saturated carbocycles. The van der Waals surface area contributed by atoms with Gasteiger partial charge in [-0.15, -0.1) is 0 Å². The van der Waals surface area contributed by atoms with Gasteiger partial charge in [0.25, 0.3) is 5.91 Å². The average molecular weight is 340 g/mol. The topological polar surface area (TPSA) is 98.5 Å². The third-order valence-corrected chi connectivity index (χ3v) is 3.59. The lowest BCUT2D eigenvalue weighted by molar-refractivity contribution is -0.146. The highest BCUT2D eigenvalue weighted by Crippen LogP contribution is 2.19. The van der Waals surface area contributed by atoms with Crippen molar-refractivity contribution >= 4 is 17.8 Å². The van der Waals surface area contributed by atoms with E-state index in [2.05, 4.69) is 10.1 Å². The second-order valence-corrected chi connectivity index (χ2v) is 5.57. The lowest BCUT2D eigenvalue weighted by Gasteiger charge is -2.15. The predicted octanol–water partition coefficient (Wildman–Crippen LogP) is 1.43. The largest absolute Gasteiger partial charge is 0.456 e. The first kappa shape index (κ1) is 18.2. The molecule has 2 aromatic rings. The first-order valence-corrected chi connectivity index (χ1v) is 7.82. The fraction of sp³-hybridized carbons (Fsp3) is 0.211. The molecule has 25 heavy (non-hydrogen) atoms. The van der Waals surface area contributed by atoms with Crippen LogP contribution in [0.25, 0.3) is 11.1 Å². The molecule has 2 aromatic carbocycles. The first-order valence-electron chi connectivity index (χ1n) is 7.82. The van der Waals surface area contributed by atoms with Gasteiger partial charge in [-0.05, 0) is 16.7 Å². The molecule has 0 saturated heterocycles. The monoisotopic (exact) mass is 340 g/mol. The molecule has 0 aliphatic rings. The number of carbonyl (C=O) groups excluding carboxylic acids is 3. The van der Waals surface area contributed by atoms with Gasteiger partial charge < -0.3 is 15.8 Å². The molecular formula is C19H20N2O4. The van der Waals surface area contributed by atoms with Crippen LogP contribution in [0.5, 0.6) is 0 Å². The van der Waals surface area contributed by atoms with E-state index in [-0.39, 0.29) is 6.42 Å². The fourth-order valence-corrected chi connectivity index (χ4v) is 2.33. The van der Waals surface area contributed by atoms with Gasteiger partial charge in [0.1, 0.15) is 6.04 Å². The van der Waals surface area contributed by atoms with E-state index in [0.717, 1.165) is 16.7 Å². The predicted molar refractivity (Wildman–Crippen MR) is 93.3 cm³/mol. The number of nitrogens with one attached hydrogen (secondary N) is 1. The Labute approximate surface area is 146 Å². The van der Waals surface area contributed by atoms with Crippen molar-refractivity contribution in [2.75, 3.05) is 6.61 Å². The van der Waals surface area contributed by atoms with Gasteiger partial charge >= 0.3 is 5.97 Å². The number of amides is 2. The number of hydrogen-bond donors (Lipinski definition) is 2. The van der Waals surface area contributed by atoms with Crippen molar-refractivity contribution in [1.82, 2.24) is 5.32 Å². The Bertz CT molecular complexity index is 742. The van der Waals surface area contributed by atoms with Gasteiger partial charge in [0, 0.05) is 13.3 Å². The van der Waals surface area contributed by atoms with Crippen molar-refractivity contribution in [3.05, 3.63) is 60.2 Å². The number of rotatable bonds is 7. The number of hydrogen-bond acceptors (Lipinski definition) is 4. The molecule has 0 heterocycles. The third-order valence-electron chi connectivity index (χ3n) is 3.59. The molecule has 0 aromatic heterocycles. The third kappa shape index (κ3) is 5.76. The smallest absolute Gasteiger partial charge is 0.303 e. The highest BCUT2D eigenvalue weighted by molar-refractivity contribution is 5.88. The fourth-order valence-electron chi connectivity index (χ4n) is 2.33. The molecule has 0 aliphatic heterocycles. The maximum absolute atomic E-state index is 11.7. The zero-order valence-electron chi connectivity index (χ0n) is 13.9. The second kappa shape index (κ2) is 8.63. The Morgan fingerprint density at radius 2 is 1.60 bits per heavy atom. The van der Waals surface area contributed by atoms with E-state index in [0.29, 0.717) is 0 Å². The van der Waals surface area contributed by atoms with E-state index >= 15 is 0 Å². The summed E-state index contributed by atoms with van der Waals surface area (Å²) in [4.78, 5) is 34.0. The highest BCUT2D eigenvalue weighted by Gasteiger charge is 2.19. The standard InChI is InChI=1S/C19H20N2O4/c1-13(22)25-12-18(23)21-17(19(20)24)11-14-7-9-16(10-8-14)15-5-3-2-4-6-15/h2-10,17H,11-12H2,1H3,(H2,20,24)(H,21,23)/t17-/m1/s1. The van der Waals surface area contributed by atoms with E-state index in [9.17, 15) is 14.4 Å². The quantitative estimate of drug-likeness (QED) is 0.745. The summed E-state index contributed by atoms with van der Waals surface area (Å²) in [6.07, 6.45) is 0.260. The van der Waals surface area contributed by atoms with Gasteiger partial charge in [0.2, 0.25) is 5.91 Å². The Morgan fingerprint density at radius 3 is 2.16 bits per heavy atom. The van der Waals surface area contributed by atoms with Gasteiger partial charge in [-0.2, -0.15) is 0 Å². The van der Waals surface area contributed by atoms with E-state index in [4.69, 9.17) is 5.73 Å². The number of carbonyl (C=O) groups is 3. The summed E-state index contributed by atoms with van der Waals surface area (Å²) >= 11 is 0. The molecule has 1 atom stereocenters. The maximum atomic E-state index is 11.7. The van der Waals surface area contributed by atoms with Crippen LogP contribution < -0.4 is 11.1 Å². The molecule has 6 heteroatoms. The van der Waals surface area contributed by atoms with Crippen LogP contribution in [0.15, 0.2) is 54.6 Å². The molecule has 0 bridgehead atoms. The second-order valence-electron chi connectivity index (χ2n) is 5.57. The molecule has 6 nitrogen and oxygen atoms in total. The number of esters is 1. The number of ether oxygens (including phenoxy) is 1. The van der Waals surface area contributed by atoms with Crippen molar-refractivity contribution in [2.45, 2.75) is 19.4 Å². The summed E-state index contributed by atoms with van der Waals surface area (Å²) in [6.45, 7) is 0.763. The molecule has 2 rings (SSSR count). The van der Waals surface area contributed by atoms with Gasteiger partial charge in [0.15, 0.2) is 6.61 Å². The van der Waals surface area contributed by atoms with Crippen LogP contribution in [-0.2, 0) is 25.5 Å². The van der Waals surface area contributed by atoms with Crippen molar-refractivity contribution < 1.29 is 19.1 Å². The van der Waals surface area contributed by atoms with Crippen LogP contribution in [0.1, 0.15) is 12.5 Å². The molecule has 0 aliphatic carbocycles. The lowest BCUT2D eigenvalue weighted by atomic mass is 10.0. The molecule has 0 unspecified atom stereocenters. The molecule has 3 N–H and O–H groups in total. The SMILES string of the molecule is CC(=O)OCC(=O)N[C@H](Cc1ccc(-c2ccccc2)cc1)C(N)=O. The van der Waals surface area contributed by atoms with Crippen LogP contribution in [0, 0.1) is 0 Å². The minimum absolute atomic E-state index is 0.260. The number of nitrogens with two attached hydrogens (primary N) is 1. The Morgan fingerprint density at radius 1 is 1.00 bits per heavy atom. The van der Waals surface area contributed by atoms with Gasteiger partial charge in [-0.25, -0.2) is 0 Å². The van der Waals surface area contributed by atoms with Crippen molar-refractivity contribution in [3.63, 3.8) is 0 Å². The molecule has 0 spiro atoms. The van der Waals surface area contributed by atoms with E-state index in [1.165, 1.54) is 6.92 Å². The minimum atomic E-state index is -0.870. The van der Waals surface area contributed by atoms with E-state index < -0.39 is 30.4 Å². The normalized spacial score (nSPS) is 11.4. The minimum Gasteiger partial charge on any atom is -0.456 e. The van der Waals surface area contributed by atoms with Gasteiger partial charge in [-0.1, -0.05) is 54.6 Å². The first-order chi connectivity index (χ1) is 12.0. The van der Waals surface area contributed by atoms with Crippen LogP contribution in [0.2, 0.25) is 0 Å². The molecule has 130 valence electrons. The number of benzene rings is 2. The van der Waals surface area contributed by atoms with Crippen molar-refractivity contribution in [1.29, 1.82) is 0 Å². The molecule has 2 amide bonds. The Kier molecular flexibility index (Phi) is 6.28. The van der Waals surface area contributed by atoms with Crippen LogP contribution in [0.3, 0.4) is 0 Å². The summed E-state index contributed by atoms with van der Waals surface area (Å²) in [5.74, 6) is -1.79. The summed E-state index contributed by atoms with van der Waals surface area (Å²) in [7, 11) is 0. The summed E-state index contributed by atoms with van der Waals surface area (Å²) < 4.78 is 4.60. The Balaban J connectivity index is 2.01. The highest BCUT2D eigenvalue weighted by atomic mass is 16.5. The van der Waals surface area contributed by atoms with Crippen LogP contribution in [0.4, 0.5) is 0 Å². The zero-order valence-corrected chi connectivity index (χ0v) is 13.9. The van der Waals surface area contributed by atoms with Crippen molar-refractivity contribution in [2.24, 2.45) is 5.73 Å². The molecular weight excluding hydrogens is 320 g/mol. The molecule has 0 fully saturated rings. The summed E-state index contributed by atoms with van der Waals surface area (Å²) in [5, 5.41) is 2.48. The van der Waals surface area contributed by atoms with E-state index in [1.54, 1.807) is 0 Å². The number of primary amides is 1. The van der Waals surface area contributed by atoms with Gasteiger partial charge in [-0.3, -0.25) is 14.4 Å². The summed E-state index contributed by atoms with van der Waals surface area (Å²) in [5.41, 5.74) is 8.35. The summed E-state index contributed by atoms with van der Waals surface area (Å²) in [6, 6.07) is 16.7. The zero-order chi connectivity index (χ0) is 18.2. The van der Waals surface area contributed by atoms with Crippen LogP contribution in [-0.4, -0.2) is 30.4 Å². The van der Waals surface area contributed by atoms with Crippen LogP contribution >= 0.6 is 0 Å². The average Bonchev–Trinajstić information content (AvgIpc) is 2.60. The molecule has 0 radical (unpaired) electrons.